The maximum Gasteiger partial charge on any atom is 0.226 e. The minimum atomic E-state index is -0.484. The summed E-state index contributed by atoms with van der Waals surface area (Å²) < 4.78 is 12.6. The molecular weight excluding hydrogens is 386 g/mol. The van der Waals surface area contributed by atoms with E-state index in [0.29, 0.717) is 18.2 Å². The smallest absolute Gasteiger partial charge is 0.226 e. The van der Waals surface area contributed by atoms with E-state index in [0.717, 1.165) is 42.0 Å². The molecule has 3 rings (SSSR count). The lowest BCUT2D eigenvalue weighted by Gasteiger charge is -2.21. The predicted molar refractivity (Wildman–Crippen MR) is 124 cm³/mol. The van der Waals surface area contributed by atoms with Crippen LogP contribution in [-0.2, 0) is 17.6 Å². The Kier molecular flexibility index (Phi) is 8.98. The van der Waals surface area contributed by atoms with Crippen molar-refractivity contribution in [2.45, 2.75) is 65.6 Å². The van der Waals surface area contributed by atoms with Gasteiger partial charge >= 0.3 is 0 Å². The van der Waals surface area contributed by atoms with Gasteiger partial charge < -0.3 is 9.47 Å². The molecule has 0 saturated carbocycles. The minimum Gasteiger partial charge on any atom is -0.460 e. The van der Waals surface area contributed by atoms with E-state index in [1.807, 2.05) is 54.6 Å². The number of aryl methyl sites for hydroxylation is 2. The molecule has 0 N–H and O–H groups in total. The Morgan fingerprint density at radius 1 is 0.742 bits per heavy atom. The summed E-state index contributed by atoms with van der Waals surface area (Å²) in [6.45, 7) is 6.98. The van der Waals surface area contributed by atoms with Crippen molar-refractivity contribution in [1.82, 2.24) is 15.0 Å². The second-order valence-electron chi connectivity index (χ2n) is 7.49. The van der Waals surface area contributed by atoms with E-state index >= 15 is 0 Å². The van der Waals surface area contributed by atoms with Gasteiger partial charge in [-0.1, -0.05) is 82.5 Å². The third kappa shape index (κ3) is 6.59. The molecule has 0 aliphatic rings. The van der Waals surface area contributed by atoms with Crippen LogP contribution in [0.25, 0.3) is 11.4 Å². The molecule has 2 aromatic carbocycles. The molecule has 0 amide bonds. The Hall–Kier alpha value is -2.79. The fourth-order valence-electron chi connectivity index (χ4n) is 3.30. The lowest BCUT2D eigenvalue weighted by Crippen LogP contribution is -2.14. The number of para-hydroxylation sites is 1. The van der Waals surface area contributed by atoms with Crippen LogP contribution in [0.15, 0.2) is 54.6 Å². The van der Waals surface area contributed by atoms with Gasteiger partial charge in [-0.3, -0.25) is 0 Å². The van der Waals surface area contributed by atoms with Crippen LogP contribution in [0.2, 0.25) is 0 Å². The normalized spacial score (nSPS) is 12.0. The zero-order valence-electron chi connectivity index (χ0n) is 18.9. The van der Waals surface area contributed by atoms with Crippen molar-refractivity contribution < 1.29 is 9.47 Å². The first kappa shape index (κ1) is 22.9. The van der Waals surface area contributed by atoms with E-state index in [-0.39, 0.29) is 0 Å². The highest BCUT2D eigenvalue weighted by atomic mass is 16.7. The molecule has 3 aromatic rings. The maximum atomic E-state index is 6.42. The number of aromatic nitrogens is 3. The van der Waals surface area contributed by atoms with Gasteiger partial charge in [-0.05, 0) is 18.6 Å². The molecule has 0 spiro atoms. The molecule has 0 aliphatic carbocycles. The van der Waals surface area contributed by atoms with Crippen LogP contribution in [0.1, 0.15) is 70.0 Å². The van der Waals surface area contributed by atoms with E-state index in [9.17, 15) is 0 Å². The summed E-state index contributed by atoms with van der Waals surface area (Å²) in [6.07, 6.45) is 5.66. The molecular formula is C26H33N3O2. The fourth-order valence-corrected chi connectivity index (χ4v) is 3.30. The molecule has 0 radical (unpaired) electrons. The minimum absolute atomic E-state index is 0.484. The second-order valence-corrected chi connectivity index (χ2v) is 7.49. The first-order chi connectivity index (χ1) is 15.2. The molecule has 0 aliphatic heterocycles. The number of nitrogens with zero attached hydrogens (tertiary/aromatic N) is 3. The second kappa shape index (κ2) is 12.2. The van der Waals surface area contributed by atoms with Crippen LogP contribution in [-0.4, -0.2) is 21.6 Å². The molecule has 0 saturated heterocycles. The summed E-state index contributed by atoms with van der Waals surface area (Å²) in [6, 6.07) is 18.0. The van der Waals surface area contributed by atoms with Gasteiger partial charge in [0.25, 0.3) is 0 Å². The first-order valence-corrected chi connectivity index (χ1v) is 11.4. The number of benzene rings is 2. The summed E-state index contributed by atoms with van der Waals surface area (Å²) in [5.41, 5.74) is 1.84. The molecule has 5 heteroatoms. The molecule has 5 nitrogen and oxygen atoms in total. The summed E-state index contributed by atoms with van der Waals surface area (Å²) in [5.74, 6) is 2.95. The molecule has 1 unspecified atom stereocenters. The highest BCUT2D eigenvalue weighted by molar-refractivity contribution is 5.64. The van der Waals surface area contributed by atoms with Crippen molar-refractivity contribution in [3.05, 3.63) is 71.8 Å². The number of rotatable bonds is 12. The zero-order valence-corrected chi connectivity index (χ0v) is 18.9. The summed E-state index contributed by atoms with van der Waals surface area (Å²) in [5, 5.41) is 0. The van der Waals surface area contributed by atoms with Gasteiger partial charge in [0, 0.05) is 18.4 Å². The lowest BCUT2D eigenvalue weighted by molar-refractivity contribution is -0.0843. The van der Waals surface area contributed by atoms with Crippen LogP contribution >= 0.6 is 0 Å². The molecule has 164 valence electrons. The first-order valence-electron chi connectivity index (χ1n) is 11.4. The number of ether oxygens (including phenoxy) is 2. The number of hydrogen-bond acceptors (Lipinski definition) is 5. The van der Waals surface area contributed by atoms with Crippen molar-refractivity contribution >= 4 is 0 Å². The van der Waals surface area contributed by atoms with Crippen molar-refractivity contribution in [1.29, 1.82) is 0 Å². The van der Waals surface area contributed by atoms with E-state index in [1.54, 1.807) is 0 Å². The highest BCUT2D eigenvalue weighted by Crippen LogP contribution is 2.32. The molecule has 0 bridgehead atoms. The van der Waals surface area contributed by atoms with Crippen molar-refractivity contribution in [2.75, 3.05) is 6.61 Å². The maximum absolute atomic E-state index is 6.42. The Morgan fingerprint density at radius 2 is 1.42 bits per heavy atom. The molecule has 1 atom stereocenters. The van der Waals surface area contributed by atoms with E-state index < -0.39 is 6.29 Å². The Morgan fingerprint density at radius 3 is 2.10 bits per heavy atom. The van der Waals surface area contributed by atoms with Crippen LogP contribution in [0.3, 0.4) is 0 Å². The van der Waals surface area contributed by atoms with E-state index in [2.05, 4.69) is 35.7 Å². The van der Waals surface area contributed by atoms with Crippen molar-refractivity contribution in [3.8, 4) is 17.1 Å². The Bertz CT molecular complexity index is 909. The van der Waals surface area contributed by atoms with Gasteiger partial charge in [0.05, 0.1) is 12.2 Å². The third-order valence-electron chi connectivity index (χ3n) is 5.06. The Balaban J connectivity index is 1.87. The molecule has 31 heavy (non-hydrogen) atoms. The van der Waals surface area contributed by atoms with Gasteiger partial charge in [-0.25, -0.2) is 15.0 Å². The van der Waals surface area contributed by atoms with E-state index in [1.165, 1.54) is 19.3 Å². The predicted octanol–water partition coefficient (Wildman–Crippen LogP) is 6.34. The largest absolute Gasteiger partial charge is 0.460 e. The van der Waals surface area contributed by atoms with Crippen LogP contribution in [0, 0.1) is 0 Å². The van der Waals surface area contributed by atoms with E-state index in [4.69, 9.17) is 9.47 Å². The molecule has 1 heterocycles. The summed E-state index contributed by atoms with van der Waals surface area (Å²) in [4.78, 5) is 13.8. The van der Waals surface area contributed by atoms with Crippen LogP contribution in [0.4, 0.5) is 0 Å². The zero-order chi connectivity index (χ0) is 21.9. The topological polar surface area (TPSA) is 57.1 Å². The number of hydrogen-bond donors (Lipinski definition) is 0. The van der Waals surface area contributed by atoms with Gasteiger partial charge in [0.2, 0.25) is 6.29 Å². The summed E-state index contributed by atoms with van der Waals surface area (Å²) >= 11 is 0. The molecule has 0 fully saturated rings. The monoisotopic (exact) mass is 419 g/mol. The van der Waals surface area contributed by atoms with Crippen LogP contribution < -0.4 is 4.74 Å². The fraction of sp³-hybridized carbons (Fsp3) is 0.423. The average Bonchev–Trinajstić information content (AvgIpc) is 2.83. The van der Waals surface area contributed by atoms with Crippen molar-refractivity contribution in [2.24, 2.45) is 0 Å². The van der Waals surface area contributed by atoms with Gasteiger partial charge in [-0.2, -0.15) is 0 Å². The van der Waals surface area contributed by atoms with Crippen molar-refractivity contribution in [3.63, 3.8) is 0 Å². The molecule has 1 aromatic heterocycles. The third-order valence-corrected chi connectivity index (χ3v) is 5.06. The standard InChI is InChI=1S/C26H33N3O2/c1-4-7-8-14-19-30-26(20-15-10-9-11-16-20)31-22-18-13-12-17-21(22)25-28-23(5-2)27-24(6-3)29-25/h9-13,15-18,26H,4-8,14,19H2,1-3H3. The van der Waals surface area contributed by atoms with Gasteiger partial charge in [-0.15, -0.1) is 0 Å². The highest BCUT2D eigenvalue weighted by Gasteiger charge is 2.18. The number of unbranched alkanes of at least 4 members (excludes halogenated alkanes) is 3. The average molecular weight is 420 g/mol. The SMILES string of the molecule is CCCCCCOC(Oc1ccccc1-c1nc(CC)nc(CC)n1)c1ccccc1. The Labute approximate surface area is 185 Å². The quantitative estimate of drug-likeness (QED) is 0.253. The van der Waals surface area contributed by atoms with Gasteiger partial charge in [0.1, 0.15) is 17.4 Å². The van der Waals surface area contributed by atoms with Gasteiger partial charge in [0.15, 0.2) is 5.82 Å². The lowest BCUT2D eigenvalue weighted by atomic mass is 10.1. The van der Waals surface area contributed by atoms with Crippen LogP contribution in [0.5, 0.6) is 5.75 Å². The summed E-state index contributed by atoms with van der Waals surface area (Å²) in [7, 11) is 0.